The molecule has 202 valence electrons. The first kappa shape index (κ1) is 28.8. The SMILES string of the molecule is CCC(C)NC(=O)C(C)N(Cc1ccc(Br)cc1)C(=O)CCCN(c1ccc2c(c1)OCO2)S(C)(=O)=O. The van der Waals surface area contributed by atoms with Gasteiger partial charge in [-0.1, -0.05) is 35.0 Å². The highest BCUT2D eigenvalue weighted by Crippen LogP contribution is 2.36. The number of rotatable bonds is 12. The number of fused-ring (bicyclic) bond motifs is 1. The largest absolute Gasteiger partial charge is 0.454 e. The molecular formula is C26H34BrN3O6S. The van der Waals surface area contributed by atoms with Gasteiger partial charge in [0.1, 0.15) is 6.04 Å². The minimum absolute atomic E-state index is 0.00963. The number of anilines is 1. The predicted molar refractivity (Wildman–Crippen MR) is 146 cm³/mol. The van der Waals surface area contributed by atoms with Gasteiger partial charge in [-0.15, -0.1) is 0 Å². The van der Waals surface area contributed by atoms with Crippen molar-refractivity contribution in [2.45, 2.75) is 58.7 Å². The summed E-state index contributed by atoms with van der Waals surface area (Å²) >= 11 is 3.41. The molecule has 0 aromatic heterocycles. The zero-order valence-electron chi connectivity index (χ0n) is 21.6. The van der Waals surface area contributed by atoms with Crippen LogP contribution >= 0.6 is 15.9 Å². The van der Waals surface area contributed by atoms with E-state index in [1.807, 2.05) is 38.1 Å². The van der Waals surface area contributed by atoms with Crippen LogP contribution in [0.1, 0.15) is 45.6 Å². The molecule has 1 aliphatic rings. The Hall–Kier alpha value is -2.79. The third kappa shape index (κ3) is 7.85. The molecule has 2 atom stereocenters. The van der Waals surface area contributed by atoms with Gasteiger partial charge in [-0.25, -0.2) is 8.42 Å². The van der Waals surface area contributed by atoms with Crippen LogP contribution in [0.4, 0.5) is 5.69 Å². The lowest BCUT2D eigenvalue weighted by Crippen LogP contribution is -2.49. The van der Waals surface area contributed by atoms with Crippen molar-refractivity contribution in [3.8, 4) is 11.5 Å². The second-order valence-electron chi connectivity index (χ2n) is 9.12. The number of ether oxygens (including phenoxy) is 2. The maximum Gasteiger partial charge on any atom is 0.242 e. The van der Waals surface area contributed by atoms with Gasteiger partial charge in [0.05, 0.1) is 11.9 Å². The van der Waals surface area contributed by atoms with Crippen molar-refractivity contribution in [3.05, 3.63) is 52.5 Å². The molecule has 2 aromatic rings. The predicted octanol–water partition coefficient (Wildman–Crippen LogP) is 4.06. The smallest absolute Gasteiger partial charge is 0.242 e. The van der Waals surface area contributed by atoms with Crippen LogP contribution in [-0.2, 0) is 26.2 Å². The van der Waals surface area contributed by atoms with Crippen molar-refractivity contribution in [2.75, 3.05) is 23.9 Å². The Labute approximate surface area is 227 Å². The highest BCUT2D eigenvalue weighted by atomic mass is 79.9. The van der Waals surface area contributed by atoms with E-state index >= 15 is 0 Å². The maximum atomic E-state index is 13.4. The molecule has 3 rings (SSSR count). The van der Waals surface area contributed by atoms with Gasteiger partial charge in [-0.2, -0.15) is 0 Å². The first-order chi connectivity index (χ1) is 17.5. The van der Waals surface area contributed by atoms with E-state index in [9.17, 15) is 18.0 Å². The van der Waals surface area contributed by atoms with Gasteiger partial charge < -0.3 is 19.7 Å². The number of nitrogens with one attached hydrogen (secondary N) is 1. The third-order valence-corrected chi connectivity index (χ3v) is 7.95. The molecule has 37 heavy (non-hydrogen) atoms. The summed E-state index contributed by atoms with van der Waals surface area (Å²) in [5, 5.41) is 2.95. The van der Waals surface area contributed by atoms with Gasteiger partial charge in [0.25, 0.3) is 0 Å². The molecular weight excluding hydrogens is 562 g/mol. The normalized spacial score (nSPS) is 14.1. The molecule has 0 bridgehead atoms. The summed E-state index contributed by atoms with van der Waals surface area (Å²) in [6, 6.07) is 11.8. The summed E-state index contributed by atoms with van der Waals surface area (Å²) in [5.74, 6) is 0.580. The van der Waals surface area contributed by atoms with E-state index in [1.165, 1.54) is 4.31 Å². The topological polar surface area (TPSA) is 105 Å². The Balaban J connectivity index is 1.72. The Morgan fingerprint density at radius 3 is 2.41 bits per heavy atom. The van der Waals surface area contributed by atoms with Crippen molar-refractivity contribution in [1.82, 2.24) is 10.2 Å². The number of sulfonamides is 1. The molecule has 0 radical (unpaired) electrons. The quantitative estimate of drug-likeness (QED) is 0.397. The van der Waals surface area contributed by atoms with E-state index in [2.05, 4.69) is 21.2 Å². The number of halogens is 1. The van der Waals surface area contributed by atoms with Crippen molar-refractivity contribution in [2.24, 2.45) is 0 Å². The first-order valence-corrected chi connectivity index (χ1v) is 14.9. The van der Waals surface area contributed by atoms with E-state index in [4.69, 9.17) is 9.47 Å². The van der Waals surface area contributed by atoms with E-state index in [0.717, 1.165) is 22.7 Å². The number of nitrogens with zero attached hydrogens (tertiary/aromatic N) is 2. The molecule has 0 saturated heterocycles. The average Bonchev–Trinajstić information content (AvgIpc) is 3.32. The van der Waals surface area contributed by atoms with Crippen LogP contribution in [-0.4, -0.2) is 56.8 Å². The highest BCUT2D eigenvalue weighted by Gasteiger charge is 2.27. The molecule has 9 nitrogen and oxygen atoms in total. The van der Waals surface area contributed by atoms with Crippen LogP contribution in [0.2, 0.25) is 0 Å². The number of carbonyl (C=O) groups is 2. The fourth-order valence-electron chi connectivity index (χ4n) is 3.88. The van der Waals surface area contributed by atoms with Crippen molar-refractivity contribution in [1.29, 1.82) is 0 Å². The van der Waals surface area contributed by atoms with E-state index in [0.29, 0.717) is 17.2 Å². The van der Waals surface area contributed by atoms with Crippen LogP contribution in [0.25, 0.3) is 0 Å². The Morgan fingerprint density at radius 2 is 1.76 bits per heavy atom. The van der Waals surface area contributed by atoms with Crippen LogP contribution in [0.3, 0.4) is 0 Å². The van der Waals surface area contributed by atoms with Crippen molar-refractivity contribution in [3.63, 3.8) is 0 Å². The number of benzene rings is 2. The number of hydrogen-bond donors (Lipinski definition) is 1. The molecule has 1 N–H and O–H groups in total. The van der Waals surface area contributed by atoms with Gasteiger partial charge in [-0.3, -0.25) is 13.9 Å². The second kappa shape index (κ2) is 12.6. The third-order valence-electron chi connectivity index (χ3n) is 6.23. The molecule has 0 spiro atoms. The molecule has 0 aliphatic carbocycles. The van der Waals surface area contributed by atoms with Gasteiger partial charge in [0, 0.05) is 36.1 Å². The standard InChI is InChI=1S/C26H34BrN3O6S/c1-5-18(2)28-26(32)19(3)29(16-20-8-10-21(27)11-9-20)25(31)7-6-14-30(37(4,33)34)22-12-13-23-24(15-22)36-17-35-23/h8-13,15,18-19H,5-7,14,16-17H2,1-4H3,(H,28,32). The molecule has 2 aromatic carbocycles. The Bertz CT molecular complexity index is 1210. The number of carbonyl (C=O) groups excluding carboxylic acids is 2. The Morgan fingerprint density at radius 1 is 1.08 bits per heavy atom. The molecule has 2 unspecified atom stereocenters. The molecule has 2 amide bonds. The monoisotopic (exact) mass is 595 g/mol. The zero-order chi connectivity index (χ0) is 27.2. The van der Waals surface area contributed by atoms with Crippen LogP contribution in [0.15, 0.2) is 46.9 Å². The van der Waals surface area contributed by atoms with Crippen LogP contribution in [0.5, 0.6) is 11.5 Å². The summed E-state index contributed by atoms with van der Waals surface area (Å²) in [6.07, 6.45) is 2.26. The fourth-order valence-corrected chi connectivity index (χ4v) is 5.10. The van der Waals surface area contributed by atoms with E-state index in [1.54, 1.807) is 30.0 Å². The van der Waals surface area contributed by atoms with Crippen molar-refractivity contribution >= 4 is 43.5 Å². The van der Waals surface area contributed by atoms with Gasteiger partial charge in [0.2, 0.25) is 28.6 Å². The minimum atomic E-state index is -3.61. The zero-order valence-corrected chi connectivity index (χ0v) is 24.0. The average molecular weight is 597 g/mol. The number of amides is 2. The molecule has 0 fully saturated rings. The lowest BCUT2D eigenvalue weighted by atomic mass is 10.1. The first-order valence-electron chi connectivity index (χ1n) is 12.2. The van der Waals surface area contributed by atoms with Gasteiger partial charge in [-0.05, 0) is 56.5 Å². The molecule has 1 heterocycles. The van der Waals surface area contributed by atoms with Crippen molar-refractivity contribution < 1.29 is 27.5 Å². The summed E-state index contributed by atoms with van der Waals surface area (Å²) in [4.78, 5) is 27.8. The van der Waals surface area contributed by atoms with Gasteiger partial charge >= 0.3 is 0 Å². The molecule has 0 saturated carbocycles. The minimum Gasteiger partial charge on any atom is -0.454 e. The summed E-state index contributed by atoms with van der Waals surface area (Å²) in [6.45, 7) is 6.06. The summed E-state index contributed by atoms with van der Waals surface area (Å²) in [5.41, 5.74) is 1.32. The lowest BCUT2D eigenvalue weighted by molar-refractivity contribution is -0.140. The van der Waals surface area contributed by atoms with Gasteiger partial charge in [0.15, 0.2) is 11.5 Å². The summed E-state index contributed by atoms with van der Waals surface area (Å²) in [7, 11) is -3.61. The molecule has 11 heteroatoms. The van der Waals surface area contributed by atoms with E-state index < -0.39 is 16.1 Å². The lowest BCUT2D eigenvalue weighted by Gasteiger charge is -2.30. The number of hydrogen-bond acceptors (Lipinski definition) is 6. The maximum absolute atomic E-state index is 13.4. The summed E-state index contributed by atoms with van der Waals surface area (Å²) < 4.78 is 37.9. The Kier molecular flexibility index (Phi) is 9.83. The highest BCUT2D eigenvalue weighted by molar-refractivity contribution is 9.10. The van der Waals surface area contributed by atoms with E-state index in [-0.39, 0.29) is 50.6 Å². The fraction of sp³-hybridized carbons (Fsp3) is 0.462. The van der Waals surface area contributed by atoms with Crippen LogP contribution in [0, 0.1) is 0 Å². The molecule has 1 aliphatic heterocycles. The van der Waals surface area contributed by atoms with Crippen LogP contribution < -0.4 is 19.1 Å². The second-order valence-corrected chi connectivity index (χ2v) is 11.9.